The molecule has 1 fully saturated rings. The van der Waals surface area contributed by atoms with Crippen molar-refractivity contribution in [2.45, 2.75) is 57.7 Å². The first kappa shape index (κ1) is 12.6. The Hall–Kier alpha value is -0.890. The van der Waals surface area contributed by atoms with E-state index in [2.05, 4.69) is 6.92 Å². The Labute approximate surface area is 103 Å². The number of rotatable bonds is 2. The van der Waals surface area contributed by atoms with Crippen LogP contribution in [0.25, 0.3) is 0 Å². The summed E-state index contributed by atoms with van der Waals surface area (Å²) in [6.45, 7) is 3.66. The summed E-state index contributed by atoms with van der Waals surface area (Å²) in [6.07, 6.45) is 4.78. The number of benzene rings is 1. The van der Waals surface area contributed by atoms with Gasteiger partial charge in [-0.05, 0) is 43.4 Å². The van der Waals surface area contributed by atoms with Crippen LogP contribution in [0.1, 0.15) is 61.9 Å². The van der Waals surface area contributed by atoms with Crippen LogP contribution in [-0.2, 0) is 5.54 Å². The summed E-state index contributed by atoms with van der Waals surface area (Å²) in [6, 6.07) is 5.85. The number of alkyl halides is 1. The molecule has 0 saturated heterocycles. The number of aryl methyl sites for hydroxylation is 1. The Balaban J connectivity index is 2.38. The number of hydrogen-bond acceptors (Lipinski definition) is 1. The molecule has 1 aromatic carbocycles. The SMILES string of the molecule is Cc1ccc(C(C)F)cc1C1(N)CCCCC1. The van der Waals surface area contributed by atoms with Gasteiger partial charge in [0.05, 0.1) is 0 Å². The molecule has 0 aliphatic heterocycles. The van der Waals surface area contributed by atoms with Gasteiger partial charge in [-0.15, -0.1) is 0 Å². The van der Waals surface area contributed by atoms with Crippen molar-refractivity contribution in [3.63, 3.8) is 0 Å². The Bertz CT molecular complexity index is 392. The summed E-state index contributed by atoms with van der Waals surface area (Å²) >= 11 is 0. The van der Waals surface area contributed by atoms with Crippen molar-refractivity contribution < 1.29 is 4.39 Å². The molecule has 0 radical (unpaired) electrons. The Kier molecular flexibility index (Phi) is 3.53. The third-order valence-corrected chi connectivity index (χ3v) is 4.00. The molecule has 1 nitrogen and oxygen atoms in total. The van der Waals surface area contributed by atoms with Crippen molar-refractivity contribution in [2.75, 3.05) is 0 Å². The van der Waals surface area contributed by atoms with Gasteiger partial charge in [0.15, 0.2) is 0 Å². The molecule has 0 amide bonds. The highest BCUT2D eigenvalue weighted by Gasteiger charge is 2.31. The second-order valence-corrected chi connectivity index (χ2v) is 5.41. The molecule has 94 valence electrons. The molecular weight excluding hydrogens is 213 g/mol. The molecule has 17 heavy (non-hydrogen) atoms. The van der Waals surface area contributed by atoms with Crippen molar-refractivity contribution in [1.82, 2.24) is 0 Å². The predicted octanol–water partition coefficient (Wildman–Crippen LogP) is 4.14. The van der Waals surface area contributed by atoms with Crippen LogP contribution in [0.2, 0.25) is 0 Å². The summed E-state index contributed by atoms with van der Waals surface area (Å²) in [7, 11) is 0. The van der Waals surface area contributed by atoms with Crippen molar-refractivity contribution >= 4 is 0 Å². The minimum Gasteiger partial charge on any atom is -0.321 e. The topological polar surface area (TPSA) is 26.0 Å². The second kappa shape index (κ2) is 4.77. The van der Waals surface area contributed by atoms with E-state index < -0.39 is 6.17 Å². The highest BCUT2D eigenvalue weighted by molar-refractivity contribution is 5.37. The molecule has 1 atom stereocenters. The van der Waals surface area contributed by atoms with E-state index in [0.717, 1.165) is 24.0 Å². The first-order valence-electron chi connectivity index (χ1n) is 6.57. The van der Waals surface area contributed by atoms with Crippen LogP contribution >= 0.6 is 0 Å². The lowest BCUT2D eigenvalue weighted by Crippen LogP contribution is -2.39. The number of nitrogens with two attached hydrogens (primary N) is 1. The quantitative estimate of drug-likeness (QED) is 0.819. The maximum atomic E-state index is 13.4. The molecule has 2 N–H and O–H groups in total. The number of hydrogen-bond donors (Lipinski definition) is 1. The fourth-order valence-electron chi connectivity index (χ4n) is 2.88. The lowest BCUT2D eigenvalue weighted by molar-refractivity contribution is 0.300. The van der Waals surface area contributed by atoms with E-state index >= 15 is 0 Å². The molecular formula is C15H22FN. The minimum absolute atomic E-state index is 0.229. The van der Waals surface area contributed by atoms with Crippen LogP contribution in [0.15, 0.2) is 18.2 Å². The van der Waals surface area contributed by atoms with Crippen LogP contribution in [0, 0.1) is 6.92 Å². The molecule has 1 aromatic rings. The van der Waals surface area contributed by atoms with Gasteiger partial charge in [0.25, 0.3) is 0 Å². The van der Waals surface area contributed by atoms with Gasteiger partial charge < -0.3 is 5.73 Å². The smallest absolute Gasteiger partial charge is 0.122 e. The monoisotopic (exact) mass is 235 g/mol. The molecule has 0 spiro atoms. The van der Waals surface area contributed by atoms with Crippen molar-refractivity contribution in [2.24, 2.45) is 5.73 Å². The number of halogens is 1. The van der Waals surface area contributed by atoms with Gasteiger partial charge in [-0.25, -0.2) is 4.39 Å². The Morgan fingerprint density at radius 1 is 1.24 bits per heavy atom. The third-order valence-electron chi connectivity index (χ3n) is 4.00. The van der Waals surface area contributed by atoms with E-state index in [4.69, 9.17) is 5.73 Å². The second-order valence-electron chi connectivity index (χ2n) is 5.41. The summed E-state index contributed by atoms with van der Waals surface area (Å²) in [4.78, 5) is 0. The van der Waals surface area contributed by atoms with E-state index in [1.165, 1.54) is 24.8 Å². The van der Waals surface area contributed by atoms with Crippen LogP contribution in [0.3, 0.4) is 0 Å². The van der Waals surface area contributed by atoms with Gasteiger partial charge in [0.2, 0.25) is 0 Å². The van der Waals surface area contributed by atoms with Crippen molar-refractivity contribution in [3.8, 4) is 0 Å². The maximum absolute atomic E-state index is 13.4. The molecule has 2 heteroatoms. The van der Waals surface area contributed by atoms with E-state index in [9.17, 15) is 4.39 Å². The minimum atomic E-state index is -0.915. The van der Waals surface area contributed by atoms with Gasteiger partial charge in [-0.1, -0.05) is 37.5 Å². The lowest BCUT2D eigenvalue weighted by Gasteiger charge is -2.35. The van der Waals surface area contributed by atoms with E-state index in [1.54, 1.807) is 6.92 Å². The molecule has 1 aliphatic rings. The van der Waals surface area contributed by atoms with Gasteiger partial charge in [-0.2, -0.15) is 0 Å². The average molecular weight is 235 g/mol. The summed E-state index contributed by atoms with van der Waals surface area (Å²) in [5, 5.41) is 0. The fourth-order valence-corrected chi connectivity index (χ4v) is 2.88. The zero-order valence-corrected chi connectivity index (χ0v) is 10.8. The molecule has 1 aliphatic carbocycles. The molecule has 1 saturated carbocycles. The van der Waals surface area contributed by atoms with Crippen LogP contribution in [-0.4, -0.2) is 0 Å². The molecule has 0 heterocycles. The lowest BCUT2D eigenvalue weighted by atomic mass is 9.75. The van der Waals surface area contributed by atoms with Crippen molar-refractivity contribution in [1.29, 1.82) is 0 Å². The first-order chi connectivity index (χ1) is 8.03. The zero-order chi connectivity index (χ0) is 12.5. The van der Waals surface area contributed by atoms with Gasteiger partial charge in [0.1, 0.15) is 6.17 Å². The highest BCUT2D eigenvalue weighted by Crippen LogP contribution is 2.37. The van der Waals surface area contributed by atoms with Gasteiger partial charge in [-0.3, -0.25) is 0 Å². The normalized spacial score (nSPS) is 21.2. The van der Waals surface area contributed by atoms with E-state index in [0.29, 0.717) is 0 Å². The highest BCUT2D eigenvalue weighted by atomic mass is 19.1. The molecule has 1 unspecified atom stereocenters. The molecule has 0 aromatic heterocycles. The average Bonchev–Trinajstić information content (AvgIpc) is 2.30. The van der Waals surface area contributed by atoms with Gasteiger partial charge in [0, 0.05) is 5.54 Å². The van der Waals surface area contributed by atoms with E-state index in [1.807, 2.05) is 18.2 Å². The van der Waals surface area contributed by atoms with Crippen LogP contribution in [0.5, 0.6) is 0 Å². The fraction of sp³-hybridized carbons (Fsp3) is 0.600. The summed E-state index contributed by atoms with van der Waals surface area (Å²) in [5.41, 5.74) is 9.40. The largest absolute Gasteiger partial charge is 0.321 e. The van der Waals surface area contributed by atoms with Crippen LogP contribution < -0.4 is 5.73 Å². The third kappa shape index (κ3) is 2.52. The van der Waals surface area contributed by atoms with E-state index in [-0.39, 0.29) is 5.54 Å². The summed E-state index contributed by atoms with van der Waals surface area (Å²) < 4.78 is 13.4. The first-order valence-corrected chi connectivity index (χ1v) is 6.57. The Morgan fingerprint density at radius 3 is 2.47 bits per heavy atom. The predicted molar refractivity (Wildman–Crippen MR) is 69.7 cm³/mol. The zero-order valence-electron chi connectivity index (χ0n) is 10.8. The Morgan fingerprint density at radius 2 is 1.88 bits per heavy atom. The maximum Gasteiger partial charge on any atom is 0.122 e. The van der Waals surface area contributed by atoms with Gasteiger partial charge >= 0.3 is 0 Å². The van der Waals surface area contributed by atoms with Crippen LogP contribution in [0.4, 0.5) is 4.39 Å². The summed E-state index contributed by atoms with van der Waals surface area (Å²) in [5.74, 6) is 0. The molecule has 2 rings (SSSR count). The standard InChI is InChI=1S/C15H22FN/c1-11-6-7-13(12(2)16)10-14(11)15(17)8-4-3-5-9-15/h6-7,10,12H,3-5,8-9,17H2,1-2H3. The molecule has 0 bridgehead atoms. The van der Waals surface area contributed by atoms with Crippen molar-refractivity contribution in [3.05, 3.63) is 34.9 Å².